The van der Waals surface area contributed by atoms with Crippen LogP contribution in [0, 0.1) is 5.82 Å². The predicted octanol–water partition coefficient (Wildman–Crippen LogP) is 1.27. The molecular weight excluding hydrogens is 229 g/mol. The van der Waals surface area contributed by atoms with Gasteiger partial charge in [0.15, 0.2) is 0 Å². The highest BCUT2D eigenvalue weighted by molar-refractivity contribution is 8.00. The molecule has 1 atom stereocenters. The molecule has 0 radical (unpaired) electrons. The van der Waals surface area contributed by atoms with Crippen LogP contribution in [-0.4, -0.2) is 11.2 Å². The van der Waals surface area contributed by atoms with E-state index < -0.39 is 5.82 Å². The molecule has 1 amide bonds. The van der Waals surface area contributed by atoms with Gasteiger partial charge in [0.1, 0.15) is 5.82 Å². The monoisotopic (exact) mass is 243 g/mol. The first kappa shape index (κ1) is 12.8. The number of nitrogens with two attached hydrogens (primary N) is 2. The zero-order valence-electron chi connectivity index (χ0n) is 8.87. The fourth-order valence-electron chi connectivity index (χ4n) is 1.18. The van der Waals surface area contributed by atoms with Crippen LogP contribution in [-0.2, 0) is 4.79 Å². The first-order chi connectivity index (χ1) is 7.52. The van der Waals surface area contributed by atoms with Gasteiger partial charge >= 0.3 is 0 Å². The smallest absolute Gasteiger partial charge is 0.234 e. The van der Waals surface area contributed by atoms with Gasteiger partial charge < -0.3 is 5.73 Å². The Morgan fingerprint density at radius 1 is 1.62 bits per heavy atom. The number of thioether (sulfide) groups is 1. The fraction of sp³-hybridized carbons (Fsp3) is 0.300. The zero-order chi connectivity index (χ0) is 12.1. The van der Waals surface area contributed by atoms with Crippen molar-refractivity contribution in [2.75, 3.05) is 5.73 Å². The Morgan fingerprint density at radius 3 is 2.88 bits per heavy atom. The number of nitrogens with one attached hydrogen (secondary N) is 1. The number of anilines is 1. The number of hydrazine groups is 1. The van der Waals surface area contributed by atoms with Crippen LogP contribution in [0.15, 0.2) is 23.1 Å². The third-order valence-corrected chi connectivity index (χ3v) is 3.04. The van der Waals surface area contributed by atoms with Gasteiger partial charge in [0.2, 0.25) is 5.91 Å². The van der Waals surface area contributed by atoms with Crippen LogP contribution in [0.5, 0.6) is 0 Å². The Morgan fingerprint density at radius 2 is 2.31 bits per heavy atom. The molecule has 1 aromatic rings. The summed E-state index contributed by atoms with van der Waals surface area (Å²) in [7, 11) is 0. The quantitative estimate of drug-likeness (QED) is 0.244. The number of carbonyl (C=O) groups is 1. The summed E-state index contributed by atoms with van der Waals surface area (Å²) in [4.78, 5) is 11.7. The van der Waals surface area contributed by atoms with Crippen LogP contribution in [0.1, 0.15) is 13.3 Å². The van der Waals surface area contributed by atoms with Crippen molar-refractivity contribution in [3.8, 4) is 0 Å². The minimum atomic E-state index is -0.444. The Kier molecular flexibility index (Phi) is 4.57. The van der Waals surface area contributed by atoms with Crippen molar-refractivity contribution in [2.24, 2.45) is 5.84 Å². The normalized spacial score (nSPS) is 12.2. The lowest BCUT2D eigenvalue weighted by Crippen LogP contribution is -2.31. The van der Waals surface area contributed by atoms with Crippen LogP contribution in [0.25, 0.3) is 0 Å². The van der Waals surface area contributed by atoms with Crippen molar-refractivity contribution < 1.29 is 9.18 Å². The minimum absolute atomic E-state index is 0.0200. The molecule has 0 saturated carbocycles. The molecule has 1 aromatic carbocycles. The van der Waals surface area contributed by atoms with E-state index in [2.05, 4.69) is 5.43 Å². The fourth-order valence-corrected chi connectivity index (χ4v) is 2.19. The molecule has 4 nitrogen and oxygen atoms in total. The van der Waals surface area contributed by atoms with E-state index in [1.54, 1.807) is 6.07 Å². The number of carbonyl (C=O) groups excluding carboxylic acids is 1. The summed E-state index contributed by atoms with van der Waals surface area (Å²) < 4.78 is 13.1. The van der Waals surface area contributed by atoms with Crippen molar-refractivity contribution in [3.63, 3.8) is 0 Å². The minimum Gasteiger partial charge on any atom is -0.396 e. The maximum atomic E-state index is 13.1. The second kappa shape index (κ2) is 5.72. The molecule has 1 rings (SSSR count). The molecule has 0 aliphatic heterocycles. The van der Waals surface area contributed by atoms with E-state index >= 15 is 0 Å². The number of benzene rings is 1. The highest BCUT2D eigenvalue weighted by atomic mass is 32.2. The second-order valence-electron chi connectivity index (χ2n) is 3.38. The average Bonchev–Trinajstić information content (AvgIpc) is 2.23. The Bertz CT molecular complexity index is 386. The lowest BCUT2D eigenvalue weighted by Gasteiger charge is -2.10. The molecule has 0 aromatic heterocycles. The van der Waals surface area contributed by atoms with E-state index in [0.29, 0.717) is 0 Å². The number of nitrogen functional groups attached to an aromatic ring is 1. The molecule has 5 N–H and O–H groups in total. The molecule has 0 fully saturated rings. The number of rotatable bonds is 4. The van der Waals surface area contributed by atoms with Crippen LogP contribution in [0.2, 0.25) is 0 Å². The zero-order valence-corrected chi connectivity index (χ0v) is 9.68. The second-order valence-corrected chi connectivity index (χ2v) is 4.90. The van der Waals surface area contributed by atoms with E-state index in [-0.39, 0.29) is 23.3 Å². The van der Waals surface area contributed by atoms with E-state index in [9.17, 15) is 9.18 Å². The number of hydrogen-bond donors (Lipinski definition) is 3. The lowest BCUT2D eigenvalue weighted by molar-refractivity contribution is -0.121. The first-order valence-corrected chi connectivity index (χ1v) is 5.62. The Labute approximate surface area is 97.5 Å². The Balaban J connectivity index is 2.59. The van der Waals surface area contributed by atoms with E-state index in [1.807, 2.05) is 6.92 Å². The molecular formula is C10H14FN3OS. The molecule has 0 heterocycles. The number of amides is 1. The molecule has 88 valence electrons. The summed E-state index contributed by atoms with van der Waals surface area (Å²) in [5, 5.41) is 0.0200. The molecule has 0 aliphatic carbocycles. The number of hydrogen-bond acceptors (Lipinski definition) is 4. The van der Waals surface area contributed by atoms with E-state index in [0.717, 1.165) is 4.90 Å². The molecule has 16 heavy (non-hydrogen) atoms. The van der Waals surface area contributed by atoms with Gasteiger partial charge in [-0.1, -0.05) is 6.92 Å². The molecule has 0 saturated heterocycles. The van der Waals surface area contributed by atoms with Crippen molar-refractivity contribution in [1.29, 1.82) is 0 Å². The number of halogens is 1. The van der Waals surface area contributed by atoms with E-state index in [1.165, 1.54) is 23.9 Å². The van der Waals surface area contributed by atoms with Gasteiger partial charge in [0.05, 0.1) is 5.69 Å². The maximum Gasteiger partial charge on any atom is 0.234 e. The molecule has 0 bridgehead atoms. The van der Waals surface area contributed by atoms with Crippen molar-refractivity contribution in [1.82, 2.24) is 5.43 Å². The molecule has 1 unspecified atom stereocenters. The van der Waals surface area contributed by atoms with Crippen LogP contribution < -0.4 is 17.0 Å². The van der Waals surface area contributed by atoms with Gasteiger partial charge in [-0.25, -0.2) is 10.2 Å². The highest BCUT2D eigenvalue weighted by Crippen LogP contribution is 2.27. The van der Waals surface area contributed by atoms with E-state index in [4.69, 9.17) is 11.6 Å². The first-order valence-electron chi connectivity index (χ1n) is 4.74. The standard InChI is InChI=1S/C10H14FN3OS/c1-6(4-10(15)14-13)16-7-2-3-9(12)8(11)5-7/h2-3,5-6H,4,12-13H2,1H3,(H,14,15). The third-order valence-electron chi connectivity index (χ3n) is 1.94. The maximum absolute atomic E-state index is 13.1. The molecule has 0 spiro atoms. The van der Waals surface area contributed by atoms with Gasteiger partial charge in [0, 0.05) is 16.6 Å². The van der Waals surface area contributed by atoms with Gasteiger partial charge in [0.25, 0.3) is 0 Å². The van der Waals surface area contributed by atoms with Crippen molar-refractivity contribution >= 4 is 23.4 Å². The predicted molar refractivity (Wildman–Crippen MR) is 63.1 cm³/mol. The molecule has 0 aliphatic rings. The Hall–Kier alpha value is -1.27. The van der Waals surface area contributed by atoms with Gasteiger partial charge in [-0.15, -0.1) is 11.8 Å². The summed E-state index contributed by atoms with van der Waals surface area (Å²) in [6, 6.07) is 4.59. The summed E-state index contributed by atoms with van der Waals surface area (Å²) in [6.45, 7) is 1.87. The van der Waals surface area contributed by atoms with Crippen molar-refractivity contribution in [2.45, 2.75) is 23.5 Å². The highest BCUT2D eigenvalue weighted by Gasteiger charge is 2.10. The van der Waals surface area contributed by atoms with Gasteiger partial charge in [-0.05, 0) is 18.2 Å². The van der Waals surface area contributed by atoms with Crippen molar-refractivity contribution in [3.05, 3.63) is 24.0 Å². The molecule has 6 heteroatoms. The average molecular weight is 243 g/mol. The van der Waals surface area contributed by atoms with Crippen LogP contribution in [0.3, 0.4) is 0 Å². The largest absolute Gasteiger partial charge is 0.396 e. The third kappa shape index (κ3) is 3.71. The van der Waals surface area contributed by atoms with Gasteiger partial charge in [-0.3, -0.25) is 10.2 Å². The summed E-state index contributed by atoms with van der Waals surface area (Å²) in [5.74, 6) is 4.29. The topological polar surface area (TPSA) is 81.1 Å². The summed E-state index contributed by atoms with van der Waals surface area (Å²) >= 11 is 1.40. The van der Waals surface area contributed by atoms with Crippen LogP contribution >= 0.6 is 11.8 Å². The summed E-state index contributed by atoms with van der Waals surface area (Å²) in [6.07, 6.45) is 0.285. The lowest BCUT2D eigenvalue weighted by atomic mass is 10.3. The SMILES string of the molecule is CC(CC(=O)NN)Sc1ccc(N)c(F)c1. The van der Waals surface area contributed by atoms with Gasteiger partial charge in [-0.2, -0.15) is 0 Å². The van der Waals surface area contributed by atoms with Crippen LogP contribution in [0.4, 0.5) is 10.1 Å². The summed E-state index contributed by atoms with van der Waals surface area (Å²) in [5.41, 5.74) is 7.53.